The fraction of sp³-hybridized carbons (Fsp3) is 0.235. The van der Waals surface area contributed by atoms with Crippen LogP contribution in [0.2, 0.25) is 0 Å². The van der Waals surface area contributed by atoms with Crippen molar-refractivity contribution >= 4 is 37.6 Å². The van der Waals surface area contributed by atoms with Gasteiger partial charge in [0, 0.05) is 10.2 Å². The van der Waals surface area contributed by atoms with E-state index < -0.39 is 16.0 Å². The van der Waals surface area contributed by atoms with Crippen molar-refractivity contribution in [2.75, 3.05) is 11.3 Å². The van der Waals surface area contributed by atoms with E-state index in [9.17, 15) is 13.2 Å². The number of carbonyl (C=O) groups is 1. The summed E-state index contributed by atoms with van der Waals surface area (Å²) < 4.78 is 33.0. The topological polar surface area (TPSA) is 72.5 Å². The Kier molecular flexibility index (Phi) is 6.39. The molecular formula is C17H18BrNO4S. The minimum absolute atomic E-state index is 0.161. The van der Waals surface area contributed by atoms with Crippen LogP contribution in [0.4, 0.5) is 5.69 Å². The van der Waals surface area contributed by atoms with Crippen LogP contribution in [0.5, 0.6) is 0 Å². The fourth-order valence-corrected chi connectivity index (χ4v) is 3.22. The Morgan fingerprint density at radius 3 is 2.29 bits per heavy atom. The average Bonchev–Trinajstić information content (AvgIpc) is 2.55. The number of carbonyl (C=O) groups excluding carboxylic acids is 1. The number of halogens is 1. The predicted molar refractivity (Wildman–Crippen MR) is 96.6 cm³/mol. The lowest BCUT2D eigenvalue weighted by molar-refractivity contribution is 0.0500. The van der Waals surface area contributed by atoms with Crippen molar-refractivity contribution in [3.8, 4) is 0 Å². The van der Waals surface area contributed by atoms with E-state index in [2.05, 4.69) is 20.7 Å². The van der Waals surface area contributed by atoms with Gasteiger partial charge in [0.2, 0.25) is 0 Å². The van der Waals surface area contributed by atoms with Gasteiger partial charge in [0.15, 0.2) is 0 Å². The van der Waals surface area contributed by atoms with Gasteiger partial charge in [-0.3, -0.25) is 4.72 Å². The number of rotatable bonds is 7. The molecule has 128 valence electrons. The van der Waals surface area contributed by atoms with Gasteiger partial charge in [0.25, 0.3) is 10.0 Å². The first-order chi connectivity index (χ1) is 11.4. The summed E-state index contributed by atoms with van der Waals surface area (Å²) in [5.74, 6) is -0.411. The second-order valence-electron chi connectivity index (χ2n) is 5.13. The second kappa shape index (κ2) is 8.30. The van der Waals surface area contributed by atoms with Gasteiger partial charge >= 0.3 is 5.97 Å². The Balaban J connectivity index is 2.05. The molecule has 0 aliphatic rings. The quantitative estimate of drug-likeness (QED) is 0.546. The zero-order valence-electron chi connectivity index (χ0n) is 13.2. The lowest BCUT2D eigenvalue weighted by Gasteiger charge is -2.09. The van der Waals surface area contributed by atoms with Gasteiger partial charge in [-0.2, -0.15) is 0 Å². The highest BCUT2D eigenvalue weighted by Gasteiger charge is 2.14. The summed E-state index contributed by atoms with van der Waals surface area (Å²) in [6.07, 6.45) is 1.76. The first-order valence-corrected chi connectivity index (χ1v) is 9.75. The molecule has 0 saturated carbocycles. The molecule has 5 nitrogen and oxygen atoms in total. The highest BCUT2D eigenvalue weighted by molar-refractivity contribution is 9.10. The van der Waals surface area contributed by atoms with Gasteiger partial charge in [0.1, 0.15) is 0 Å². The Labute approximate surface area is 150 Å². The minimum Gasteiger partial charge on any atom is -0.462 e. The monoisotopic (exact) mass is 411 g/mol. The third kappa shape index (κ3) is 5.07. The maximum atomic E-state index is 12.3. The van der Waals surface area contributed by atoms with Crippen LogP contribution in [0.1, 0.15) is 30.1 Å². The molecule has 0 aliphatic heterocycles. The number of sulfonamides is 1. The third-order valence-electron chi connectivity index (χ3n) is 3.23. The van der Waals surface area contributed by atoms with Crippen molar-refractivity contribution in [3.05, 3.63) is 58.6 Å². The smallest absolute Gasteiger partial charge is 0.338 e. The van der Waals surface area contributed by atoms with Crippen LogP contribution >= 0.6 is 15.9 Å². The Bertz CT molecular complexity index is 786. The van der Waals surface area contributed by atoms with Crippen LogP contribution in [-0.2, 0) is 14.8 Å². The largest absolute Gasteiger partial charge is 0.462 e. The number of hydrogen-bond acceptors (Lipinski definition) is 4. The Morgan fingerprint density at radius 2 is 1.71 bits per heavy atom. The number of anilines is 1. The summed E-state index contributed by atoms with van der Waals surface area (Å²) >= 11 is 3.26. The summed E-state index contributed by atoms with van der Waals surface area (Å²) in [5, 5.41) is 0. The Hall–Kier alpha value is -1.86. The van der Waals surface area contributed by atoms with E-state index in [1.807, 2.05) is 6.92 Å². The first kappa shape index (κ1) is 18.5. The van der Waals surface area contributed by atoms with Crippen LogP contribution in [0.25, 0.3) is 0 Å². The molecule has 0 fully saturated rings. The van der Waals surface area contributed by atoms with Crippen LogP contribution in [-0.4, -0.2) is 21.0 Å². The van der Waals surface area contributed by atoms with Crippen molar-refractivity contribution in [3.63, 3.8) is 0 Å². The summed E-state index contributed by atoms with van der Waals surface area (Å²) in [6, 6.07) is 12.5. The van der Waals surface area contributed by atoms with Crippen molar-refractivity contribution in [1.82, 2.24) is 0 Å². The zero-order valence-corrected chi connectivity index (χ0v) is 15.6. The lowest BCUT2D eigenvalue weighted by atomic mass is 10.2. The molecule has 0 aromatic heterocycles. The highest BCUT2D eigenvalue weighted by Crippen LogP contribution is 2.19. The number of benzene rings is 2. The SMILES string of the molecule is CCCCOC(=O)c1ccc(NS(=O)(=O)c2ccc(Br)cc2)cc1. The van der Waals surface area contributed by atoms with Crippen LogP contribution < -0.4 is 4.72 Å². The molecule has 0 heterocycles. The van der Waals surface area contributed by atoms with E-state index >= 15 is 0 Å². The molecule has 0 amide bonds. The summed E-state index contributed by atoms with van der Waals surface area (Å²) in [5.41, 5.74) is 0.765. The minimum atomic E-state index is -3.67. The average molecular weight is 412 g/mol. The van der Waals surface area contributed by atoms with Gasteiger partial charge in [-0.05, 0) is 55.0 Å². The van der Waals surface area contributed by atoms with E-state index in [0.29, 0.717) is 17.9 Å². The van der Waals surface area contributed by atoms with E-state index in [4.69, 9.17) is 4.74 Å². The summed E-state index contributed by atoms with van der Waals surface area (Å²) in [7, 11) is -3.67. The standard InChI is InChI=1S/C17H18BrNO4S/c1-2-3-12-23-17(20)13-4-8-15(9-5-13)19-24(21,22)16-10-6-14(18)7-11-16/h4-11,19H,2-3,12H2,1H3. The fourth-order valence-electron chi connectivity index (χ4n) is 1.89. The number of unbranched alkanes of at least 4 members (excludes halogenated alkanes) is 1. The lowest BCUT2D eigenvalue weighted by Crippen LogP contribution is -2.13. The number of esters is 1. The zero-order chi connectivity index (χ0) is 17.6. The normalized spacial score (nSPS) is 11.1. The van der Waals surface area contributed by atoms with E-state index in [1.165, 1.54) is 36.4 Å². The van der Waals surface area contributed by atoms with E-state index in [1.54, 1.807) is 12.1 Å². The Morgan fingerprint density at radius 1 is 1.08 bits per heavy atom. The van der Waals surface area contributed by atoms with E-state index in [-0.39, 0.29) is 4.90 Å². The second-order valence-corrected chi connectivity index (χ2v) is 7.72. The van der Waals surface area contributed by atoms with Crippen molar-refractivity contribution in [2.45, 2.75) is 24.7 Å². The molecule has 2 rings (SSSR count). The number of ether oxygens (including phenoxy) is 1. The van der Waals surface area contributed by atoms with Crippen LogP contribution in [0, 0.1) is 0 Å². The number of hydrogen-bond donors (Lipinski definition) is 1. The molecule has 0 bridgehead atoms. The predicted octanol–water partition coefficient (Wildman–Crippen LogP) is 4.21. The summed E-state index contributed by atoms with van der Waals surface area (Å²) in [4.78, 5) is 12.0. The van der Waals surface area contributed by atoms with E-state index in [0.717, 1.165) is 17.3 Å². The first-order valence-electron chi connectivity index (χ1n) is 7.48. The summed E-state index contributed by atoms with van der Waals surface area (Å²) in [6.45, 7) is 2.40. The third-order valence-corrected chi connectivity index (χ3v) is 5.15. The van der Waals surface area contributed by atoms with Gasteiger partial charge in [0.05, 0.1) is 17.1 Å². The molecule has 0 saturated heterocycles. The van der Waals surface area contributed by atoms with Gasteiger partial charge < -0.3 is 4.74 Å². The molecule has 7 heteroatoms. The molecular weight excluding hydrogens is 394 g/mol. The van der Waals surface area contributed by atoms with Crippen molar-refractivity contribution < 1.29 is 17.9 Å². The molecule has 0 atom stereocenters. The molecule has 0 spiro atoms. The molecule has 0 radical (unpaired) electrons. The van der Waals surface area contributed by atoms with Gasteiger partial charge in [-0.1, -0.05) is 29.3 Å². The van der Waals surface area contributed by atoms with Gasteiger partial charge in [-0.15, -0.1) is 0 Å². The van der Waals surface area contributed by atoms with Crippen LogP contribution in [0.15, 0.2) is 57.9 Å². The van der Waals surface area contributed by atoms with Crippen molar-refractivity contribution in [2.24, 2.45) is 0 Å². The molecule has 24 heavy (non-hydrogen) atoms. The molecule has 0 unspecified atom stereocenters. The van der Waals surface area contributed by atoms with Crippen LogP contribution in [0.3, 0.4) is 0 Å². The maximum absolute atomic E-state index is 12.3. The molecule has 2 aromatic rings. The van der Waals surface area contributed by atoms with Crippen molar-refractivity contribution in [1.29, 1.82) is 0 Å². The molecule has 1 N–H and O–H groups in total. The molecule has 0 aliphatic carbocycles. The maximum Gasteiger partial charge on any atom is 0.338 e. The molecule has 2 aromatic carbocycles. The highest BCUT2D eigenvalue weighted by atomic mass is 79.9. The van der Waals surface area contributed by atoms with Gasteiger partial charge in [-0.25, -0.2) is 13.2 Å². The number of nitrogens with one attached hydrogen (secondary N) is 1.